The minimum absolute atomic E-state index is 0.0405. The number of carbonyl (C=O) groups is 3. The van der Waals surface area contributed by atoms with E-state index in [4.69, 9.17) is 9.47 Å². The van der Waals surface area contributed by atoms with E-state index >= 15 is 0 Å². The number of urea groups is 1. The van der Waals surface area contributed by atoms with Gasteiger partial charge in [0.05, 0.1) is 26.9 Å². The van der Waals surface area contributed by atoms with E-state index in [1.807, 2.05) is 53.4 Å². The average Bonchev–Trinajstić information content (AvgIpc) is 3.43. The molecule has 0 aromatic heterocycles. The number of hydrogen-bond donors (Lipinski definition) is 1. The van der Waals surface area contributed by atoms with Crippen molar-refractivity contribution < 1.29 is 29.0 Å². The van der Waals surface area contributed by atoms with Crippen molar-refractivity contribution in [3.05, 3.63) is 65.2 Å². The molecule has 0 bridgehead atoms. The molecule has 2 aliphatic heterocycles. The van der Waals surface area contributed by atoms with Crippen molar-refractivity contribution >= 4 is 29.5 Å². The molecular formula is C26H30N2O6S. The zero-order valence-corrected chi connectivity index (χ0v) is 20.7. The first-order valence-corrected chi connectivity index (χ1v) is 12.6. The van der Waals surface area contributed by atoms with Crippen LogP contribution in [0.1, 0.15) is 41.3 Å². The number of Topliss-reactive ketones (excluding diaryl/α,β-unsaturated/α-hetero) is 1. The van der Waals surface area contributed by atoms with Gasteiger partial charge in [-0.3, -0.25) is 9.59 Å². The lowest BCUT2D eigenvalue weighted by Gasteiger charge is -2.25. The highest BCUT2D eigenvalue weighted by atomic mass is 32.2. The second kappa shape index (κ2) is 11.1. The summed E-state index contributed by atoms with van der Waals surface area (Å²) in [6, 6.07) is 14.0. The fourth-order valence-corrected chi connectivity index (χ4v) is 6.15. The van der Waals surface area contributed by atoms with E-state index in [1.165, 1.54) is 7.11 Å². The predicted molar refractivity (Wildman–Crippen MR) is 132 cm³/mol. The number of carbonyl (C=O) groups excluding carboxylic acids is 3. The third-order valence-electron chi connectivity index (χ3n) is 6.52. The molecule has 8 nitrogen and oxygen atoms in total. The number of esters is 1. The third kappa shape index (κ3) is 5.31. The molecule has 2 aromatic rings. The predicted octanol–water partition coefficient (Wildman–Crippen LogP) is 3.52. The Hall–Kier alpha value is -3.04. The minimum Gasteiger partial charge on any atom is -0.497 e. The van der Waals surface area contributed by atoms with Gasteiger partial charge in [0.2, 0.25) is 0 Å². The number of aliphatic hydroxyl groups is 1. The first kappa shape index (κ1) is 25.1. The van der Waals surface area contributed by atoms with Gasteiger partial charge >= 0.3 is 12.0 Å². The van der Waals surface area contributed by atoms with Crippen LogP contribution in [0.2, 0.25) is 0 Å². The van der Waals surface area contributed by atoms with Crippen LogP contribution < -0.4 is 4.74 Å². The van der Waals surface area contributed by atoms with Gasteiger partial charge in [0.25, 0.3) is 0 Å². The van der Waals surface area contributed by atoms with Crippen molar-refractivity contribution in [3.63, 3.8) is 0 Å². The van der Waals surface area contributed by atoms with E-state index in [0.717, 1.165) is 22.4 Å². The van der Waals surface area contributed by atoms with Gasteiger partial charge in [0.15, 0.2) is 5.78 Å². The van der Waals surface area contributed by atoms with Crippen molar-refractivity contribution in [3.8, 4) is 5.75 Å². The Morgan fingerprint density at radius 1 is 1.03 bits per heavy atom. The van der Waals surface area contributed by atoms with Gasteiger partial charge in [-0.15, -0.1) is 11.8 Å². The third-order valence-corrected chi connectivity index (χ3v) is 7.87. The van der Waals surface area contributed by atoms with E-state index in [0.29, 0.717) is 18.7 Å². The number of hydrogen-bond acceptors (Lipinski definition) is 7. The van der Waals surface area contributed by atoms with E-state index < -0.39 is 6.04 Å². The van der Waals surface area contributed by atoms with Gasteiger partial charge in [-0.05, 0) is 35.2 Å². The number of rotatable bonds is 10. The summed E-state index contributed by atoms with van der Waals surface area (Å²) in [6.45, 7) is 0.269. The molecular weight excluding hydrogens is 468 g/mol. The Kier molecular flexibility index (Phi) is 7.97. The van der Waals surface area contributed by atoms with Gasteiger partial charge in [0.1, 0.15) is 17.2 Å². The molecule has 1 unspecified atom stereocenters. The summed E-state index contributed by atoms with van der Waals surface area (Å²) >= 11 is 1.64. The number of aliphatic hydroxyl groups excluding tert-OH is 1. The van der Waals surface area contributed by atoms with Crippen LogP contribution in [-0.2, 0) is 27.5 Å². The number of amides is 2. The van der Waals surface area contributed by atoms with Crippen LogP contribution >= 0.6 is 11.8 Å². The lowest BCUT2D eigenvalue weighted by atomic mass is 9.99. The van der Waals surface area contributed by atoms with Crippen molar-refractivity contribution in [2.24, 2.45) is 0 Å². The number of nitrogens with zero attached hydrogens (tertiary/aromatic N) is 2. The van der Waals surface area contributed by atoms with Gasteiger partial charge in [-0.2, -0.15) is 0 Å². The Morgan fingerprint density at radius 2 is 1.71 bits per heavy atom. The van der Waals surface area contributed by atoms with Gasteiger partial charge in [-0.25, -0.2) is 4.79 Å². The van der Waals surface area contributed by atoms with Crippen molar-refractivity contribution in [1.82, 2.24) is 9.80 Å². The molecule has 2 amide bonds. The molecule has 9 heteroatoms. The number of ether oxygens (including phenoxy) is 2. The Bertz CT molecular complexity index is 1060. The first-order chi connectivity index (χ1) is 17.0. The van der Waals surface area contributed by atoms with Crippen LogP contribution in [0.5, 0.6) is 5.75 Å². The van der Waals surface area contributed by atoms with Crippen LogP contribution in [-0.4, -0.2) is 64.7 Å². The van der Waals surface area contributed by atoms with Gasteiger partial charge < -0.3 is 24.4 Å². The van der Waals surface area contributed by atoms with Crippen molar-refractivity contribution in [2.75, 3.05) is 20.0 Å². The van der Waals surface area contributed by atoms with Crippen LogP contribution in [0.4, 0.5) is 4.79 Å². The maximum absolute atomic E-state index is 13.7. The summed E-state index contributed by atoms with van der Waals surface area (Å²) in [6.07, 6.45) is 0.764. The summed E-state index contributed by atoms with van der Waals surface area (Å²) in [4.78, 5) is 42.1. The summed E-state index contributed by atoms with van der Waals surface area (Å²) in [5.41, 5.74) is 2.68. The van der Waals surface area contributed by atoms with Gasteiger partial charge in [0, 0.05) is 25.1 Å². The summed E-state index contributed by atoms with van der Waals surface area (Å²) < 4.78 is 9.92. The molecule has 2 saturated heterocycles. The zero-order chi connectivity index (χ0) is 24.9. The number of ketones is 1. The first-order valence-electron chi connectivity index (χ1n) is 11.6. The Morgan fingerprint density at radius 3 is 2.34 bits per heavy atom. The van der Waals surface area contributed by atoms with Gasteiger partial charge in [-0.1, -0.05) is 36.4 Å². The molecule has 0 spiro atoms. The number of methoxy groups -OCH3 is 2. The molecule has 4 rings (SSSR count). The molecule has 0 radical (unpaired) electrons. The summed E-state index contributed by atoms with van der Waals surface area (Å²) in [7, 11) is 2.93. The van der Waals surface area contributed by atoms with Crippen LogP contribution in [0.15, 0.2) is 48.5 Å². The SMILES string of the molecule is COC(=O)CCCC(=O)[C@H]1[C@@H]2CSC(c3ccc(CO)cc3)N2C(=O)N1Cc1ccc(OC)cc1. The number of benzene rings is 2. The molecule has 0 aliphatic carbocycles. The monoisotopic (exact) mass is 498 g/mol. The van der Waals surface area contributed by atoms with E-state index in [9.17, 15) is 19.5 Å². The largest absolute Gasteiger partial charge is 0.497 e. The normalized spacial score (nSPS) is 21.2. The average molecular weight is 499 g/mol. The summed E-state index contributed by atoms with van der Waals surface area (Å²) in [5, 5.41) is 9.16. The maximum atomic E-state index is 13.7. The number of fused-ring (bicyclic) bond motifs is 1. The highest BCUT2D eigenvalue weighted by Gasteiger charge is 2.54. The zero-order valence-electron chi connectivity index (χ0n) is 19.9. The summed E-state index contributed by atoms with van der Waals surface area (Å²) in [5.74, 6) is 0.977. The topological polar surface area (TPSA) is 96.4 Å². The molecule has 2 fully saturated rings. The highest BCUT2D eigenvalue weighted by molar-refractivity contribution is 7.99. The van der Waals surface area contributed by atoms with E-state index in [1.54, 1.807) is 23.8 Å². The molecule has 2 aromatic carbocycles. The smallest absolute Gasteiger partial charge is 0.322 e. The Labute approximate surface area is 209 Å². The molecule has 2 aliphatic rings. The van der Waals surface area contributed by atoms with Crippen molar-refractivity contribution in [1.29, 1.82) is 0 Å². The highest BCUT2D eigenvalue weighted by Crippen LogP contribution is 2.47. The van der Waals surface area contributed by atoms with Crippen LogP contribution in [0.25, 0.3) is 0 Å². The van der Waals surface area contributed by atoms with E-state index in [2.05, 4.69) is 0 Å². The van der Waals surface area contributed by atoms with Crippen LogP contribution in [0, 0.1) is 0 Å². The minimum atomic E-state index is -0.587. The maximum Gasteiger partial charge on any atom is 0.322 e. The molecule has 3 atom stereocenters. The second-order valence-corrected chi connectivity index (χ2v) is 9.77. The van der Waals surface area contributed by atoms with Crippen LogP contribution in [0.3, 0.4) is 0 Å². The molecule has 35 heavy (non-hydrogen) atoms. The molecule has 2 heterocycles. The molecule has 186 valence electrons. The fraction of sp³-hybridized carbons (Fsp3) is 0.423. The second-order valence-electron chi connectivity index (χ2n) is 8.66. The molecule has 1 N–H and O–H groups in total. The number of thioether (sulfide) groups is 1. The van der Waals surface area contributed by atoms with Crippen molar-refractivity contribution in [2.45, 2.75) is 49.9 Å². The quantitative estimate of drug-likeness (QED) is 0.501. The Balaban J connectivity index is 1.58. The fourth-order valence-electron chi connectivity index (χ4n) is 4.67. The molecule has 0 saturated carbocycles. The standard InChI is InChI=1S/C26H30N2O6S/c1-33-20-12-8-17(9-13-20)14-27-24(22(30)4-3-5-23(31)34-2)21-16-35-25(28(21)26(27)32)19-10-6-18(15-29)7-11-19/h6-13,21,24-25,29H,3-5,14-16H2,1-2H3/t21-,24+,25?/m0/s1. The lowest BCUT2D eigenvalue weighted by molar-refractivity contribution is -0.140. The lowest BCUT2D eigenvalue weighted by Crippen LogP contribution is -2.43. The van der Waals surface area contributed by atoms with E-state index in [-0.39, 0.29) is 48.6 Å².